The Balaban J connectivity index is 1.97. The number of thiocarbonyl (C=S) groups is 1. The number of hydrogen-bond acceptors (Lipinski definition) is 5. The zero-order valence-electron chi connectivity index (χ0n) is 10.6. The van der Waals surface area contributed by atoms with Gasteiger partial charge in [0, 0.05) is 18.6 Å². The van der Waals surface area contributed by atoms with Crippen LogP contribution in [-0.2, 0) is 9.84 Å². The standard InChI is InChI=1S/C13H10N4O2S2/c18-21(19,9-4-2-1-3-5-9)10-8-16-13(17-10)11(20)12-14-6-7-15-12/h1-8H,(H,14,15)(H,16,17). The molecule has 0 radical (unpaired) electrons. The zero-order valence-corrected chi connectivity index (χ0v) is 12.3. The highest BCUT2D eigenvalue weighted by molar-refractivity contribution is 7.91. The molecule has 0 amide bonds. The van der Waals surface area contributed by atoms with E-state index < -0.39 is 9.84 Å². The maximum Gasteiger partial charge on any atom is 0.225 e. The van der Waals surface area contributed by atoms with Crippen LogP contribution in [0.15, 0.2) is 58.8 Å². The van der Waals surface area contributed by atoms with Crippen molar-refractivity contribution in [2.75, 3.05) is 0 Å². The van der Waals surface area contributed by atoms with Gasteiger partial charge in [-0.1, -0.05) is 30.4 Å². The summed E-state index contributed by atoms with van der Waals surface area (Å²) in [4.78, 5) is 14.2. The molecular weight excluding hydrogens is 308 g/mol. The van der Waals surface area contributed by atoms with Gasteiger partial charge in [0.15, 0.2) is 16.7 Å². The minimum absolute atomic E-state index is 0.0717. The summed E-state index contributed by atoms with van der Waals surface area (Å²) in [5.41, 5.74) is 0. The van der Waals surface area contributed by atoms with E-state index in [9.17, 15) is 8.42 Å². The van der Waals surface area contributed by atoms with Crippen LogP contribution < -0.4 is 0 Å². The van der Waals surface area contributed by atoms with E-state index in [1.807, 2.05) is 0 Å². The van der Waals surface area contributed by atoms with Crippen molar-refractivity contribution in [3.05, 3.63) is 60.6 Å². The summed E-state index contributed by atoms with van der Waals surface area (Å²) in [6.07, 6.45) is 4.52. The Kier molecular flexibility index (Phi) is 3.40. The minimum Gasteiger partial charge on any atom is -0.344 e. The molecule has 6 nitrogen and oxygen atoms in total. The molecule has 0 spiro atoms. The molecule has 3 rings (SSSR count). The highest BCUT2D eigenvalue weighted by atomic mass is 32.2. The second-order valence-corrected chi connectivity index (χ2v) is 6.48. The van der Waals surface area contributed by atoms with Crippen LogP contribution in [0.1, 0.15) is 11.6 Å². The molecule has 2 heterocycles. The van der Waals surface area contributed by atoms with Crippen molar-refractivity contribution in [1.29, 1.82) is 0 Å². The summed E-state index contributed by atoms with van der Waals surface area (Å²) in [7, 11) is -3.65. The minimum atomic E-state index is -3.65. The summed E-state index contributed by atoms with van der Waals surface area (Å²) >= 11 is 5.21. The van der Waals surface area contributed by atoms with Crippen molar-refractivity contribution in [2.45, 2.75) is 9.92 Å². The van der Waals surface area contributed by atoms with E-state index in [1.165, 1.54) is 18.3 Å². The van der Waals surface area contributed by atoms with E-state index in [1.54, 1.807) is 30.6 Å². The third-order valence-corrected chi connectivity index (χ3v) is 4.85. The summed E-state index contributed by atoms with van der Waals surface area (Å²) in [6, 6.07) is 8.12. The Hall–Kier alpha value is -2.32. The molecule has 8 heteroatoms. The van der Waals surface area contributed by atoms with Crippen LogP contribution in [0.2, 0.25) is 0 Å². The second-order valence-electron chi connectivity index (χ2n) is 4.17. The molecule has 0 unspecified atom stereocenters. The fraction of sp³-hybridized carbons (Fsp3) is 0. The number of benzene rings is 1. The molecule has 0 atom stereocenters. The van der Waals surface area contributed by atoms with Crippen LogP contribution >= 0.6 is 12.2 Å². The van der Waals surface area contributed by atoms with Crippen LogP contribution in [0.5, 0.6) is 0 Å². The molecule has 0 aliphatic rings. The number of H-pyrrole nitrogens is 2. The van der Waals surface area contributed by atoms with E-state index in [2.05, 4.69) is 19.9 Å². The lowest BCUT2D eigenvalue weighted by Crippen LogP contribution is -2.06. The van der Waals surface area contributed by atoms with Crippen molar-refractivity contribution >= 4 is 26.9 Å². The Morgan fingerprint density at radius 1 is 1.10 bits per heavy atom. The monoisotopic (exact) mass is 318 g/mol. The van der Waals surface area contributed by atoms with Crippen molar-refractivity contribution in [1.82, 2.24) is 19.9 Å². The van der Waals surface area contributed by atoms with Gasteiger partial charge in [-0.3, -0.25) is 0 Å². The van der Waals surface area contributed by atoms with Gasteiger partial charge in [0.05, 0.1) is 4.90 Å². The normalized spacial score (nSPS) is 11.4. The topological polar surface area (TPSA) is 91.5 Å². The predicted molar refractivity (Wildman–Crippen MR) is 79.9 cm³/mol. The first-order valence-electron chi connectivity index (χ1n) is 5.98. The summed E-state index contributed by atoms with van der Waals surface area (Å²) in [6.45, 7) is 0. The highest BCUT2D eigenvalue weighted by Crippen LogP contribution is 2.19. The van der Waals surface area contributed by atoms with Gasteiger partial charge in [-0.2, -0.15) is 0 Å². The number of nitrogens with one attached hydrogen (secondary N) is 2. The largest absolute Gasteiger partial charge is 0.344 e. The Morgan fingerprint density at radius 2 is 1.86 bits per heavy atom. The Morgan fingerprint density at radius 3 is 2.52 bits per heavy atom. The van der Waals surface area contributed by atoms with Gasteiger partial charge < -0.3 is 9.97 Å². The molecule has 106 valence electrons. The molecule has 1 aromatic carbocycles. The van der Waals surface area contributed by atoms with Gasteiger partial charge in [0.1, 0.15) is 4.86 Å². The summed E-state index contributed by atoms with van der Waals surface area (Å²) in [5, 5.41) is -0.0717. The van der Waals surface area contributed by atoms with Gasteiger partial charge in [0.2, 0.25) is 9.84 Å². The third kappa shape index (κ3) is 2.50. The molecule has 0 saturated carbocycles. The molecule has 3 aromatic rings. The van der Waals surface area contributed by atoms with Crippen LogP contribution in [0.3, 0.4) is 0 Å². The first-order chi connectivity index (χ1) is 10.1. The van der Waals surface area contributed by atoms with Gasteiger partial charge in [-0.05, 0) is 12.1 Å². The van der Waals surface area contributed by atoms with E-state index in [-0.39, 0.29) is 15.7 Å². The highest BCUT2D eigenvalue weighted by Gasteiger charge is 2.22. The third-order valence-electron chi connectivity index (χ3n) is 2.81. The van der Waals surface area contributed by atoms with Crippen molar-refractivity contribution in [3.8, 4) is 0 Å². The molecule has 2 N–H and O–H groups in total. The smallest absolute Gasteiger partial charge is 0.225 e. The Labute approximate surface area is 126 Å². The van der Waals surface area contributed by atoms with Crippen LogP contribution in [0.25, 0.3) is 0 Å². The number of aromatic nitrogens is 4. The molecule has 0 fully saturated rings. The SMILES string of the molecule is O=S(=O)(c1ccccc1)c1c[nH]c(C(=S)c2ncc[nH]2)n1. The zero-order chi connectivity index (χ0) is 14.9. The molecule has 0 saturated heterocycles. The van der Waals surface area contributed by atoms with Crippen LogP contribution in [-0.4, -0.2) is 33.2 Å². The second kappa shape index (κ2) is 5.23. The van der Waals surface area contributed by atoms with Gasteiger partial charge in [0.25, 0.3) is 0 Å². The fourth-order valence-electron chi connectivity index (χ4n) is 1.78. The molecule has 0 aliphatic heterocycles. The number of aromatic amines is 2. The number of rotatable bonds is 4. The number of hydrogen-bond donors (Lipinski definition) is 2. The molecule has 0 aliphatic carbocycles. The first-order valence-corrected chi connectivity index (χ1v) is 7.88. The maximum atomic E-state index is 12.4. The predicted octanol–water partition coefficient (Wildman–Crippen LogP) is 1.73. The lowest BCUT2D eigenvalue weighted by atomic mass is 10.4. The fourth-order valence-corrected chi connectivity index (χ4v) is 3.18. The van der Waals surface area contributed by atoms with E-state index in [0.717, 1.165) is 0 Å². The average Bonchev–Trinajstić information content (AvgIpc) is 3.19. The van der Waals surface area contributed by atoms with E-state index in [0.29, 0.717) is 10.7 Å². The number of nitrogens with zero attached hydrogens (tertiary/aromatic N) is 2. The maximum absolute atomic E-state index is 12.4. The molecular formula is C13H10N4O2S2. The number of sulfone groups is 1. The van der Waals surface area contributed by atoms with E-state index >= 15 is 0 Å². The molecule has 2 aromatic heterocycles. The van der Waals surface area contributed by atoms with Gasteiger partial charge in [-0.15, -0.1) is 0 Å². The van der Waals surface area contributed by atoms with Crippen molar-refractivity contribution in [2.24, 2.45) is 0 Å². The van der Waals surface area contributed by atoms with Crippen LogP contribution in [0.4, 0.5) is 0 Å². The van der Waals surface area contributed by atoms with Crippen molar-refractivity contribution in [3.63, 3.8) is 0 Å². The molecule has 21 heavy (non-hydrogen) atoms. The first kappa shape index (κ1) is 13.7. The lowest BCUT2D eigenvalue weighted by molar-refractivity contribution is 0.593. The molecule has 0 bridgehead atoms. The summed E-state index contributed by atoms with van der Waals surface area (Å²) in [5.74, 6) is 0.748. The average molecular weight is 318 g/mol. The summed E-state index contributed by atoms with van der Waals surface area (Å²) < 4.78 is 24.8. The van der Waals surface area contributed by atoms with E-state index in [4.69, 9.17) is 12.2 Å². The Bertz CT molecular complexity index is 868. The lowest BCUT2D eigenvalue weighted by Gasteiger charge is -1.99. The van der Waals surface area contributed by atoms with Gasteiger partial charge in [-0.25, -0.2) is 18.4 Å². The van der Waals surface area contributed by atoms with Crippen molar-refractivity contribution < 1.29 is 8.42 Å². The van der Waals surface area contributed by atoms with Gasteiger partial charge >= 0.3 is 0 Å². The number of imidazole rings is 2. The quantitative estimate of drug-likeness (QED) is 0.564. The van der Waals surface area contributed by atoms with Crippen LogP contribution in [0, 0.1) is 0 Å².